The average Bonchev–Trinajstić information content (AvgIpc) is 2.22. The predicted octanol–water partition coefficient (Wildman–Crippen LogP) is 1.92. The summed E-state index contributed by atoms with van der Waals surface area (Å²) in [5, 5.41) is 0. The Morgan fingerprint density at radius 2 is 2.00 bits per heavy atom. The number of carbonyl (C=O) groups is 1. The van der Waals surface area contributed by atoms with Gasteiger partial charge in [-0.05, 0) is 17.5 Å². The second-order valence-electron chi connectivity index (χ2n) is 5.41. The summed E-state index contributed by atoms with van der Waals surface area (Å²) in [7, 11) is 1.75. The molecule has 4 nitrogen and oxygen atoms in total. The van der Waals surface area contributed by atoms with Gasteiger partial charge in [-0.3, -0.25) is 4.79 Å². The Labute approximate surface area is 101 Å². The zero-order chi connectivity index (χ0) is 12.8. The molecule has 0 unspecified atom stereocenters. The number of anilines is 2. The number of fused-ring (bicyclic) bond motifs is 1. The summed E-state index contributed by atoms with van der Waals surface area (Å²) >= 11 is 0. The van der Waals surface area contributed by atoms with Gasteiger partial charge in [0.05, 0.1) is 5.69 Å². The highest BCUT2D eigenvalue weighted by molar-refractivity contribution is 5.98. The molecule has 0 radical (unpaired) electrons. The molecule has 2 N–H and O–H groups in total. The van der Waals surface area contributed by atoms with E-state index >= 15 is 0 Å². The molecule has 0 spiro atoms. The first-order valence-corrected chi connectivity index (χ1v) is 5.64. The molecule has 0 fully saturated rings. The maximum atomic E-state index is 11.6. The summed E-state index contributed by atoms with van der Waals surface area (Å²) in [4.78, 5) is 13.2. The highest BCUT2D eigenvalue weighted by Gasteiger charge is 2.29. The van der Waals surface area contributed by atoms with Crippen molar-refractivity contribution in [1.29, 1.82) is 0 Å². The van der Waals surface area contributed by atoms with Crippen molar-refractivity contribution in [2.24, 2.45) is 0 Å². The number of amides is 1. The molecule has 4 heteroatoms. The van der Waals surface area contributed by atoms with Gasteiger partial charge in [-0.2, -0.15) is 0 Å². The number of hydrogen-bond acceptors (Lipinski definition) is 3. The third-order valence-electron chi connectivity index (χ3n) is 2.98. The lowest BCUT2D eigenvalue weighted by molar-refractivity contribution is -0.121. The van der Waals surface area contributed by atoms with Crippen LogP contribution in [0.15, 0.2) is 12.1 Å². The fraction of sp³-hybridized carbons (Fsp3) is 0.462. The van der Waals surface area contributed by atoms with Gasteiger partial charge >= 0.3 is 0 Å². The molecule has 0 saturated heterocycles. The first-order valence-electron chi connectivity index (χ1n) is 5.64. The van der Waals surface area contributed by atoms with Crippen molar-refractivity contribution in [2.45, 2.75) is 26.2 Å². The molecule has 0 aliphatic carbocycles. The van der Waals surface area contributed by atoms with Gasteiger partial charge in [0.25, 0.3) is 5.91 Å². The Bertz CT molecular complexity index is 475. The molecular weight excluding hydrogens is 216 g/mol. The van der Waals surface area contributed by atoms with E-state index in [1.807, 2.05) is 6.07 Å². The second-order valence-corrected chi connectivity index (χ2v) is 5.41. The number of benzene rings is 1. The van der Waals surface area contributed by atoms with Gasteiger partial charge in [0, 0.05) is 18.3 Å². The first kappa shape index (κ1) is 11.8. The van der Waals surface area contributed by atoms with Crippen molar-refractivity contribution in [1.82, 2.24) is 0 Å². The quantitative estimate of drug-likeness (QED) is 0.698. The molecule has 1 aromatic carbocycles. The minimum Gasteiger partial charge on any atom is -0.481 e. The molecule has 17 heavy (non-hydrogen) atoms. The molecule has 0 saturated carbocycles. The van der Waals surface area contributed by atoms with Crippen LogP contribution in [0.1, 0.15) is 26.3 Å². The smallest absolute Gasteiger partial charge is 0.264 e. The molecule has 1 aliphatic rings. The molecule has 1 amide bonds. The number of nitrogens with two attached hydrogens (primary N) is 1. The van der Waals surface area contributed by atoms with E-state index < -0.39 is 0 Å². The van der Waals surface area contributed by atoms with Crippen LogP contribution in [0.5, 0.6) is 5.75 Å². The summed E-state index contributed by atoms with van der Waals surface area (Å²) in [5.41, 5.74) is 8.27. The predicted molar refractivity (Wildman–Crippen MR) is 68.5 cm³/mol. The summed E-state index contributed by atoms with van der Waals surface area (Å²) in [6.45, 7) is 6.39. The highest BCUT2D eigenvalue weighted by Crippen LogP contribution is 2.42. The Morgan fingerprint density at radius 3 is 2.59 bits per heavy atom. The van der Waals surface area contributed by atoms with Gasteiger partial charge < -0.3 is 15.4 Å². The lowest BCUT2D eigenvalue weighted by atomic mass is 9.85. The van der Waals surface area contributed by atoms with Crippen molar-refractivity contribution in [3.8, 4) is 5.75 Å². The SMILES string of the molecule is CN1C(=O)COc2c1cc(N)cc2C(C)(C)C. The topological polar surface area (TPSA) is 55.6 Å². The van der Waals surface area contributed by atoms with E-state index in [0.717, 1.165) is 17.0 Å². The van der Waals surface area contributed by atoms with E-state index in [2.05, 4.69) is 20.8 Å². The number of rotatable bonds is 0. The van der Waals surface area contributed by atoms with E-state index in [1.54, 1.807) is 18.0 Å². The van der Waals surface area contributed by atoms with Crippen molar-refractivity contribution < 1.29 is 9.53 Å². The van der Waals surface area contributed by atoms with Crippen molar-refractivity contribution in [2.75, 3.05) is 24.3 Å². The number of likely N-dealkylation sites (N-methyl/N-ethyl adjacent to an activating group) is 1. The van der Waals surface area contributed by atoms with Crippen molar-refractivity contribution >= 4 is 17.3 Å². The average molecular weight is 234 g/mol. The zero-order valence-corrected chi connectivity index (χ0v) is 10.7. The fourth-order valence-electron chi connectivity index (χ4n) is 1.96. The molecule has 0 bridgehead atoms. The number of hydrogen-bond donors (Lipinski definition) is 1. The van der Waals surface area contributed by atoms with Crippen LogP contribution in [-0.4, -0.2) is 19.6 Å². The van der Waals surface area contributed by atoms with Gasteiger partial charge in [0.15, 0.2) is 6.61 Å². The zero-order valence-electron chi connectivity index (χ0n) is 10.7. The monoisotopic (exact) mass is 234 g/mol. The minimum atomic E-state index is -0.0688. The van der Waals surface area contributed by atoms with E-state index in [4.69, 9.17) is 10.5 Å². The lowest BCUT2D eigenvalue weighted by Crippen LogP contribution is -2.36. The van der Waals surface area contributed by atoms with Gasteiger partial charge in [0.1, 0.15) is 5.75 Å². The summed E-state index contributed by atoms with van der Waals surface area (Å²) < 4.78 is 5.57. The molecule has 0 aromatic heterocycles. The van der Waals surface area contributed by atoms with Crippen LogP contribution in [0.3, 0.4) is 0 Å². The maximum absolute atomic E-state index is 11.6. The normalized spacial score (nSPS) is 15.5. The Balaban J connectivity index is 2.65. The summed E-state index contributed by atoms with van der Waals surface area (Å²) in [6.07, 6.45) is 0. The fourth-order valence-corrected chi connectivity index (χ4v) is 1.96. The molecular formula is C13H18N2O2. The van der Waals surface area contributed by atoms with E-state index in [-0.39, 0.29) is 17.9 Å². The minimum absolute atomic E-state index is 0.0528. The highest BCUT2D eigenvalue weighted by atomic mass is 16.5. The Morgan fingerprint density at radius 1 is 1.35 bits per heavy atom. The van der Waals surface area contributed by atoms with Gasteiger partial charge in [-0.1, -0.05) is 20.8 Å². The summed E-state index contributed by atoms with van der Waals surface area (Å²) in [6, 6.07) is 3.70. The first-order chi connectivity index (χ1) is 7.80. The van der Waals surface area contributed by atoms with Gasteiger partial charge in [0.2, 0.25) is 0 Å². The largest absolute Gasteiger partial charge is 0.481 e. The number of nitrogen functional groups attached to an aromatic ring is 1. The second kappa shape index (κ2) is 3.65. The van der Waals surface area contributed by atoms with E-state index in [9.17, 15) is 4.79 Å². The molecule has 1 aliphatic heterocycles. The van der Waals surface area contributed by atoms with Crippen LogP contribution in [0, 0.1) is 0 Å². The van der Waals surface area contributed by atoms with E-state index in [1.165, 1.54) is 0 Å². The molecule has 92 valence electrons. The van der Waals surface area contributed by atoms with Crippen LogP contribution < -0.4 is 15.4 Å². The molecule has 1 heterocycles. The Hall–Kier alpha value is -1.71. The van der Waals surface area contributed by atoms with Crippen molar-refractivity contribution in [3.05, 3.63) is 17.7 Å². The molecule has 2 rings (SSSR count). The van der Waals surface area contributed by atoms with E-state index in [0.29, 0.717) is 5.69 Å². The van der Waals surface area contributed by atoms with Gasteiger partial charge in [-0.15, -0.1) is 0 Å². The summed E-state index contributed by atoms with van der Waals surface area (Å²) in [5.74, 6) is 0.719. The van der Waals surface area contributed by atoms with Crippen LogP contribution in [0.4, 0.5) is 11.4 Å². The number of carbonyl (C=O) groups excluding carboxylic acids is 1. The van der Waals surface area contributed by atoms with Crippen molar-refractivity contribution in [3.63, 3.8) is 0 Å². The lowest BCUT2D eigenvalue weighted by Gasteiger charge is -2.31. The third kappa shape index (κ3) is 1.95. The number of ether oxygens (including phenoxy) is 1. The van der Waals surface area contributed by atoms with Crippen LogP contribution in [-0.2, 0) is 10.2 Å². The third-order valence-corrected chi connectivity index (χ3v) is 2.98. The van der Waals surface area contributed by atoms with Crippen LogP contribution in [0.2, 0.25) is 0 Å². The Kier molecular flexibility index (Phi) is 2.53. The van der Waals surface area contributed by atoms with Crippen LogP contribution >= 0.6 is 0 Å². The maximum Gasteiger partial charge on any atom is 0.264 e. The van der Waals surface area contributed by atoms with Crippen LogP contribution in [0.25, 0.3) is 0 Å². The van der Waals surface area contributed by atoms with Gasteiger partial charge in [-0.25, -0.2) is 0 Å². The standard InChI is InChI=1S/C13H18N2O2/c1-13(2,3)9-5-8(14)6-10-12(9)17-7-11(16)15(10)4/h5-6H,7,14H2,1-4H3. The molecule has 0 atom stereocenters. The molecule has 1 aromatic rings. The number of nitrogens with zero attached hydrogens (tertiary/aromatic N) is 1.